The Balaban J connectivity index is 1.62. The van der Waals surface area contributed by atoms with Gasteiger partial charge in [0.05, 0.1) is 12.5 Å². The first-order valence-electron chi connectivity index (χ1n) is 6.91. The van der Waals surface area contributed by atoms with Gasteiger partial charge >= 0.3 is 0 Å². The number of anilines is 1. The summed E-state index contributed by atoms with van der Waals surface area (Å²) in [7, 11) is 0. The second kappa shape index (κ2) is 5.63. The van der Waals surface area contributed by atoms with Gasteiger partial charge in [-0.05, 0) is 42.9 Å². The van der Waals surface area contributed by atoms with Gasteiger partial charge in [-0.15, -0.1) is 0 Å². The van der Waals surface area contributed by atoms with Gasteiger partial charge in [-0.1, -0.05) is 28.1 Å². The predicted octanol–water partition coefficient (Wildman–Crippen LogP) is 3.58. The summed E-state index contributed by atoms with van der Waals surface area (Å²) in [5.41, 5.74) is 3.34. The fourth-order valence-corrected chi connectivity index (χ4v) is 3.36. The van der Waals surface area contributed by atoms with E-state index in [9.17, 15) is 4.79 Å². The maximum absolute atomic E-state index is 11.3. The molecule has 3 nitrogen and oxygen atoms in total. The monoisotopic (exact) mass is 323 g/mol. The molecule has 2 heterocycles. The maximum atomic E-state index is 11.3. The highest BCUT2D eigenvalue weighted by atomic mass is 79.9. The lowest BCUT2D eigenvalue weighted by Gasteiger charge is -2.14. The Bertz CT molecular complexity index is 483. The molecule has 0 aromatic heterocycles. The lowest BCUT2D eigenvalue weighted by atomic mass is 10.0. The van der Waals surface area contributed by atoms with Gasteiger partial charge in [0.2, 0.25) is 5.91 Å². The number of amides is 1. The number of carbonyl (C=O) groups excluding carboxylic acids is 1. The molecule has 1 fully saturated rings. The molecule has 1 saturated heterocycles. The van der Waals surface area contributed by atoms with Crippen LogP contribution in [0.25, 0.3) is 0 Å². The van der Waals surface area contributed by atoms with Gasteiger partial charge in [0.1, 0.15) is 0 Å². The van der Waals surface area contributed by atoms with Crippen LogP contribution >= 0.6 is 15.9 Å². The van der Waals surface area contributed by atoms with Crippen LogP contribution in [0.15, 0.2) is 18.2 Å². The Hall–Kier alpha value is -0.870. The molecule has 19 heavy (non-hydrogen) atoms. The van der Waals surface area contributed by atoms with Crippen molar-refractivity contribution in [3.8, 4) is 0 Å². The van der Waals surface area contributed by atoms with Gasteiger partial charge in [-0.3, -0.25) is 4.79 Å². The van der Waals surface area contributed by atoms with E-state index in [2.05, 4.69) is 33.4 Å². The number of rotatable bonds is 4. The molecule has 1 N–H and O–H groups in total. The van der Waals surface area contributed by atoms with E-state index >= 15 is 0 Å². The quantitative estimate of drug-likeness (QED) is 0.860. The number of hydrogen-bond donors (Lipinski definition) is 1. The fourth-order valence-electron chi connectivity index (χ4n) is 2.81. The van der Waals surface area contributed by atoms with E-state index in [0.717, 1.165) is 30.7 Å². The Kier molecular flexibility index (Phi) is 3.89. The van der Waals surface area contributed by atoms with Crippen LogP contribution in [0.2, 0.25) is 0 Å². The lowest BCUT2D eigenvalue weighted by molar-refractivity contribution is -0.115. The van der Waals surface area contributed by atoms with Gasteiger partial charge < -0.3 is 10.1 Å². The number of fused-ring (bicyclic) bond motifs is 1. The number of benzene rings is 1. The van der Waals surface area contributed by atoms with Crippen LogP contribution < -0.4 is 5.32 Å². The molecular formula is C15H18BrNO2. The minimum atomic E-state index is 0.0950. The molecule has 4 heteroatoms. The van der Waals surface area contributed by atoms with E-state index in [-0.39, 0.29) is 5.91 Å². The maximum Gasteiger partial charge on any atom is 0.228 e. The third-order valence-corrected chi connectivity index (χ3v) is 4.87. The number of halogens is 1. The van der Waals surface area contributed by atoms with E-state index in [4.69, 9.17) is 4.74 Å². The number of ether oxygens (including phenoxy) is 1. The van der Waals surface area contributed by atoms with E-state index in [0.29, 0.717) is 17.4 Å². The van der Waals surface area contributed by atoms with Crippen LogP contribution in [0.1, 0.15) is 41.6 Å². The highest BCUT2D eigenvalue weighted by Crippen LogP contribution is 2.34. The summed E-state index contributed by atoms with van der Waals surface area (Å²) in [6.45, 7) is 0.921. The second-order valence-electron chi connectivity index (χ2n) is 5.32. The van der Waals surface area contributed by atoms with Gasteiger partial charge in [0.15, 0.2) is 0 Å². The molecule has 0 radical (unpaired) electrons. The molecular weight excluding hydrogens is 306 g/mol. The van der Waals surface area contributed by atoms with Crippen molar-refractivity contribution < 1.29 is 9.53 Å². The molecule has 0 spiro atoms. The first kappa shape index (κ1) is 13.1. The smallest absolute Gasteiger partial charge is 0.228 e. The van der Waals surface area contributed by atoms with Crippen LogP contribution in [0.4, 0.5) is 5.69 Å². The summed E-state index contributed by atoms with van der Waals surface area (Å²) >= 11 is 3.76. The molecule has 0 bridgehead atoms. The molecule has 2 unspecified atom stereocenters. The van der Waals surface area contributed by atoms with E-state index in [1.165, 1.54) is 18.4 Å². The van der Waals surface area contributed by atoms with Crippen LogP contribution in [0, 0.1) is 0 Å². The Morgan fingerprint density at radius 1 is 1.47 bits per heavy atom. The minimum absolute atomic E-state index is 0.0950. The van der Waals surface area contributed by atoms with Crippen molar-refractivity contribution in [3.63, 3.8) is 0 Å². The zero-order valence-corrected chi connectivity index (χ0v) is 12.4. The molecule has 3 rings (SSSR count). The minimum Gasteiger partial charge on any atom is -0.378 e. The molecule has 1 aromatic carbocycles. The van der Waals surface area contributed by atoms with Crippen molar-refractivity contribution >= 4 is 27.5 Å². The first-order chi connectivity index (χ1) is 9.22. The zero-order chi connectivity index (χ0) is 13.2. The van der Waals surface area contributed by atoms with Gasteiger partial charge in [-0.25, -0.2) is 0 Å². The number of alkyl halides is 1. The van der Waals surface area contributed by atoms with Gasteiger partial charge in [-0.2, -0.15) is 0 Å². The number of carbonyl (C=O) groups is 1. The molecule has 1 amide bonds. The average Bonchev–Trinajstić information content (AvgIpc) is 3.02. The van der Waals surface area contributed by atoms with Crippen LogP contribution in [-0.2, 0) is 16.0 Å². The topological polar surface area (TPSA) is 38.3 Å². The molecule has 1 aromatic rings. The highest BCUT2D eigenvalue weighted by Gasteiger charge is 2.21. The highest BCUT2D eigenvalue weighted by molar-refractivity contribution is 9.09. The summed E-state index contributed by atoms with van der Waals surface area (Å²) in [5.74, 6) is 0.0950. The summed E-state index contributed by atoms with van der Waals surface area (Å²) in [4.78, 5) is 11.7. The Labute approximate surface area is 121 Å². The molecule has 0 saturated carbocycles. The molecule has 102 valence electrons. The van der Waals surface area contributed by atoms with Crippen LogP contribution in [0.5, 0.6) is 0 Å². The van der Waals surface area contributed by atoms with Crippen LogP contribution in [-0.4, -0.2) is 18.6 Å². The summed E-state index contributed by atoms with van der Waals surface area (Å²) < 4.78 is 5.65. The third kappa shape index (κ3) is 3.00. The summed E-state index contributed by atoms with van der Waals surface area (Å²) in [6.07, 6.45) is 5.52. The van der Waals surface area contributed by atoms with Gasteiger partial charge in [0, 0.05) is 17.1 Å². The normalized spacial score (nSPS) is 23.2. The summed E-state index contributed by atoms with van der Waals surface area (Å²) in [6, 6.07) is 6.25. The average molecular weight is 324 g/mol. The van der Waals surface area contributed by atoms with Crippen molar-refractivity contribution in [2.45, 2.75) is 43.0 Å². The predicted molar refractivity (Wildman–Crippen MR) is 78.7 cm³/mol. The van der Waals surface area contributed by atoms with Crippen molar-refractivity contribution in [3.05, 3.63) is 29.3 Å². The largest absolute Gasteiger partial charge is 0.378 e. The lowest BCUT2D eigenvalue weighted by Crippen LogP contribution is -2.05. The zero-order valence-electron chi connectivity index (χ0n) is 10.8. The second-order valence-corrected chi connectivity index (χ2v) is 6.43. The molecule has 2 aliphatic heterocycles. The van der Waals surface area contributed by atoms with Crippen LogP contribution in [0.3, 0.4) is 0 Å². The van der Waals surface area contributed by atoms with Crippen molar-refractivity contribution in [2.75, 3.05) is 11.9 Å². The third-order valence-electron chi connectivity index (χ3n) is 3.88. The fraction of sp³-hybridized carbons (Fsp3) is 0.533. The number of hydrogen-bond acceptors (Lipinski definition) is 2. The van der Waals surface area contributed by atoms with E-state index < -0.39 is 0 Å². The first-order valence-corrected chi connectivity index (χ1v) is 7.82. The molecule has 2 atom stereocenters. The van der Waals surface area contributed by atoms with Crippen molar-refractivity contribution in [1.82, 2.24) is 0 Å². The Morgan fingerprint density at radius 3 is 3.16 bits per heavy atom. The van der Waals surface area contributed by atoms with Crippen molar-refractivity contribution in [2.24, 2.45) is 0 Å². The summed E-state index contributed by atoms with van der Waals surface area (Å²) in [5, 5.41) is 2.87. The van der Waals surface area contributed by atoms with Gasteiger partial charge in [0.25, 0.3) is 0 Å². The SMILES string of the molecule is O=C1Cc2cc(C(Br)CCC3CCCO3)ccc2N1. The van der Waals surface area contributed by atoms with Crippen molar-refractivity contribution in [1.29, 1.82) is 0 Å². The Morgan fingerprint density at radius 2 is 2.37 bits per heavy atom. The molecule has 0 aliphatic carbocycles. The van der Waals surface area contributed by atoms with E-state index in [1.54, 1.807) is 0 Å². The van der Waals surface area contributed by atoms with E-state index in [1.807, 2.05) is 6.07 Å². The molecule has 2 aliphatic rings. The number of nitrogens with one attached hydrogen (secondary N) is 1. The standard InChI is InChI=1S/C15H18BrNO2/c16-13(5-4-12-2-1-7-19-12)10-3-6-14-11(8-10)9-15(18)17-14/h3,6,8,12-13H,1-2,4-5,7,9H2,(H,17,18).